The zero-order valence-electron chi connectivity index (χ0n) is 26.1. The van der Waals surface area contributed by atoms with E-state index in [1.165, 1.54) is 5.56 Å². The normalized spacial score (nSPS) is 17.1. The summed E-state index contributed by atoms with van der Waals surface area (Å²) >= 11 is 0. The van der Waals surface area contributed by atoms with Crippen LogP contribution in [0.3, 0.4) is 0 Å². The van der Waals surface area contributed by atoms with E-state index < -0.39 is 6.10 Å². The Labute approximate surface area is 261 Å². The van der Waals surface area contributed by atoms with Crippen LogP contribution in [0.5, 0.6) is 17.2 Å². The molecule has 3 aromatic carbocycles. The number of rotatable bonds is 18. The third-order valence-corrected chi connectivity index (χ3v) is 7.53. The van der Waals surface area contributed by atoms with Crippen LogP contribution >= 0.6 is 0 Å². The number of para-hydroxylation sites is 3. The lowest BCUT2D eigenvalue weighted by atomic mass is 9.87. The highest BCUT2D eigenvalue weighted by molar-refractivity contribution is 5.95. The number of ether oxygens (including phenoxy) is 6. The summed E-state index contributed by atoms with van der Waals surface area (Å²) < 4.78 is 34.4. The highest BCUT2D eigenvalue weighted by atomic mass is 16.5. The van der Waals surface area contributed by atoms with Crippen molar-refractivity contribution in [1.29, 1.82) is 0 Å². The summed E-state index contributed by atoms with van der Waals surface area (Å²) in [6.07, 6.45) is 1.68. The molecule has 0 spiro atoms. The Hall–Kier alpha value is -3.63. The van der Waals surface area contributed by atoms with Crippen LogP contribution in [-0.4, -0.2) is 71.9 Å². The van der Waals surface area contributed by atoms with Gasteiger partial charge in [-0.15, -0.1) is 0 Å². The van der Waals surface area contributed by atoms with Gasteiger partial charge < -0.3 is 39.1 Å². The molecule has 9 heteroatoms. The van der Waals surface area contributed by atoms with E-state index in [9.17, 15) is 4.79 Å². The monoisotopic (exact) mass is 606 g/mol. The van der Waals surface area contributed by atoms with Crippen LogP contribution in [0.25, 0.3) is 0 Å². The summed E-state index contributed by atoms with van der Waals surface area (Å²) in [6, 6.07) is 23.5. The van der Waals surface area contributed by atoms with Crippen LogP contribution in [0.15, 0.2) is 72.8 Å². The Morgan fingerprint density at radius 3 is 2.41 bits per heavy atom. The Morgan fingerprint density at radius 2 is 1.61 bits per heavy atom. The molecule has 1 aliphatic heterocycles. The molecule has 1 fully saturated rings. The number of amides is 1. The number of hydrogen-bond acceptors (Lipinski definition) is 8. The molecule has 1 amide bonds. The van der Waals surface area contributed by atoms with E-state index in [0.29, 0.717) is 51.0 Å². The summed E-state index contributed by atoms with van der Waals surface area (Å²) in [5, 5.41) is 6.39. The second-order valence-corrected chi connectivity index (χ2v) is 10.7. The maximum absolute atomic E-state index is 13.1. The molecule has 44 heavy (non-hydrogen) atoms. The molecule has 1 aliphatic rings. The first-order valence-electron chi connectivity index (χ1n) is 15.4. The van der Waals surface area contributed by atoms with Gasteiger partial charge in [-0.3, -0.25) is 4.79 Å². The second kappa shape index (κ2) is 18.2. The Morgan fingerprint density at radius 1 is 0.886 bits per heavy atom. The third kappa shape index (κ3) is 10.2. The van der Waals surface area contributed by atoms with Gasteiger partial charge in [0.1, 0.15) is 23.4 Å². The van der Waals surface area contributed by atoms with Crippen molar-refractivity contribution < 1.29 is 33.2 Å². The van der Waals surface area contributed by atoms with E-state index in [1.807, 2.05) is 60.7 Å². The average Bonchev–Trinajstić information content (AvgIpc) is 3.06. The number of hydrogen-bond donors (Lipinski definition) is 2. The molecule has 0 radical (unpaired) electrons. The minimum atomic E-state index is -0.642. The summed E-state index contributed by atoms with van der Waals surface area (Å²) in [5.41, 5.74) is 2.83. The van der Waals surface area contributed by atoms with Crippen LogP contribution in [0.4, 0.5) is 5.69 Å². The minimum absolute atomic E-state index is 0.141. The van der Waals surface area contributed by atoms with Gasteiger partial charge in [0.05, 0.1) is 45.3 Å². The van der Waals surface area contributed by atoms with Crippen molar-refractivity contribution in [2.24, 2.45) is 0 Å². The average molecular weight is 607 g/mol. The summed E-state index contributed by atoms with van der Waals surface area (Å²) in [6.45, 7) is 6.16. The van der Waals surface area contributed by atoms with Gasteiger partial charge in [-0.1, -0.05) is 42.5 Å². The number of benzene rings is 3. The number of methoxy groups -OCH3 is 2. The Kier molecular flexibility index (Phi) is 13.8. The van der Waals surface area contributed by atoms with Crippen molar-refractivity contribution in [3.05, 3.63) is 83.9 Å². The maximum atomic E-state index is 13.1. The van der Waals surface area contributed by atoms with Crippen LogP contribution < -0.4 is 24.8 Å². The zero-order valence-corrected chi connectivity index (χ0v) is 26.1. The smallest absolute Gasteiger partial charge is 0.253 e. The van der Waals surface area contributed by atoms with E-state index in [-0.39, 0.29) is 17.9 Å². The second-order valence-electron chi connectivity index (χ2n) is 10.7. The summed E-state index contributed by atoms with van der Waals surface area (Å²) in [7, 11) is 3.33. The predicted octanol–water partition coefficient (Wildman–Crippen LogP) is 5.59. The van der Waals surface area contributed by atoms with Gasteiger partial charge in [-0.2, -0.15) is 0 Å². The molecule has 4 rings (SSSR count). The first-order valence-corrected chi connectivity index (χ1v) is 15.4. The van der Waals surface area contributed by atoms with Gasteiger partial charge in [-0.25, -0.2) is 0 Å². The van der Waals surface area contributed by atoms with E-state index >= 15 is 0 Å². The Bertz CT molecular complexity index is 1270. The lowest BCUT2D eigenvalue weighted by molar-refractivity contribution is -0.131. The first kappa shape index (κ1) is 33.3. The lowest BCUT2D eigenvalue weighted by Gasteiger charge is -2.34. The molecule has 3 aromatic rings. The van der Waals surface area contributed by atoms with Crippen LogP contribution in [-0.2, 0) is 25.6 Å². The van der Waals surface area contributed by atoms with Crippen LogP contribution in [0.2, 0.25) is 0 Å². The number of piperidine rings is 1. The van der Waals surface area contributed by atoms with Crippen molar-refractivity contribution in [3.63, 3.8) is 0 Å². The molecule has 0 aliphatic carbocycles. The molecule has 0 aromatic heterocycles. The number of carbonyl (C=O) groups excluding carboxylic acids is 1. The van der Waals surface area contributed by atoms with Crippen LogP contribution in [0.1, 0.15) is 43.2 Å². The van der Waals surface area contributed by atoms with Gasteiger partial charge in [-0.05, 0) is 55.8 Å². The molecule has 238 valence electrons. The van der Waals surface area contributed by atoms with Gasteiger partial charge in [0.2, 0.25) is 0 Å². The highest BCUT2D eigenvalue weighted by Crippen LogP contribution is 2.30. The molecule has 1 unspecified atom stereocenters. The molecular formula is C35H46N2O7. The predicted molar refractivity (Wildman–Crippen MR) is 171 cm³/mol. The van der Waals surface area contributed by atoms with Gasteiger partial charge in [0.15, 0.2) is 0 Å². The fourth-order valence-corrected chi connectivity index (χ4v) is 5.16. The third-order valence-electron chi connectivity index (χ3n) is 7.53. The van der Waals surface area contributed by atoms with Crippen LogP contribution in [0, 0.1) is 0 Å². The molecule has 1 heterocycles. The summed E-state index contributed by atoms with van der Waals surface area (Å²) in [5.74, 6) is 2.24. The minimum Gasteiger partial charge on any atom is -0.496 e. The fraction of sp³-hybridized carbons (Fsp3) is 0.457. The van der Waals surface area contributed by atoms with Crippen molar-refractivity contribution in [2.75, 3.05) is 59.1 Å². The van der Waals surface area contributed by atoms with Gasteiger partial charge in [0.25, 0.3) is 5.91 Å². The molecular weight excluding hydrogens is 560 g/mol. The van der Waals surface area contributed by atoms with Crippen molar-refractivity contribution in [2.45, 2.75) is 50.9 Å². The largest absolute Gasteiger partial charge is 0.496 e. The molecule has 1 saturated heterocycles. The van der Waals surface area contributed by atoms with Crippen molar-refractivity contribution in [3.8, 4) is 17.2 Å². The molecule has 0 bridgehead atoms. The molecule has 0 saturated carbocycles. The van der Waals surface area contributed by atoms with E-state index in [2.05, 4.69) is 22.8 Å². The van der Waals surface area contributed by atoms with E-state index in [1.54, 1.807) is 21.1 Å². The zero-order chi connectivity index (χ0) is 31.0. The van der Waals surface area contributed by atoms with Crippen molar-refractivity contribution in [1.82, 2.24) is 5.32 Å². The van der Waals surface area contributed by atoms with E-state index in [0.717, 1.165) is 42.9 Å². The molecule has 2 N–H and O–H groups in total. The number of anilines is 1. The SMILES string of the molecule is COCCCOc1ccccc1NC(=O)C(C)O[C@H]1CNCC[C@@H]1c1ccc(OCCCOCc2ccccc2OC)cc1. The maximum Gasteiger partial charge on any atom is 0.253 e. The van der Waals surface area contributed by atoms with E-state index in [4.69, 9.17) is 28.4 Å². The number of nitrogens with one attached hydrogen (secondary N) is 2. The van der Waals surface area contributed by atoms with Crippen molar-refractivity contribution >= 4 is 11.6 Å². The first-order chi connectivity index (χ1) is 21.6. The quantitative estimate of drug-likeness (QED) is 0.181. The summed E-state index contributed by atoms with van der Waals surface area (Å²) in [4.78, 5) is 13.1. The topological polar surface area (TPSA) is 96.5 Å². The van der Waals surface area contributed by atoms with Gasteiger partial charge in [0, 0.05) is 44.6 Å². The molecule has 9 nitrogen and oxygen atoms in total. The highest BCUT2D eigenvalue weighted by Gasteiger charge is 2.30. The van der Waals surface area contributed by atoms with Gasteiger partial charge >= 0.3 is 0 Å². The lowest BCUT2D eigenvalue weighted by Crippen LogP contribution is -2.44. The fourth-order valence-electron chi connectivity index (χ4n) is 5.16. The Balaban J connectivity index is 1.23. The standard InChI is InChI=1S/C35H46N2O7/c1-26(35(38)37-31-11-5-7-13-33(31)43-23-8-20-39-2)44-34-24-36-19-18-30(34)27-14-16-29(17-15-27)42-22-9-21-41-25-28-10-4-6-12-32(28)40-3/h4-7,10-17,26,30,34,36H,8-9,18-25H2,1-3H3,(H,37,38)/t26?,30-,34+/m1/s1. The number of carbonyl (C=O) groups is 1. The molecule has 3 atom stereocenters.